The molecule has 0 atom stereocenters. The van der Waals surface area contributed by atoms with E-state index in [1.807, 2.05) is 6.92 Å². The van der Waals surface area contributed by atoms with Gasteiger partial charge in [0.25, 0.3) is 0 Å². The number of rotatable bonds is 2. The monoisotopic (exact) mass is 200 g/mol. The maximum Gasteiger partial charge on any atom is 0.00415 e. The van der Waals surface area contributed by atoms with Crippen molar-refractivity contribution in [1.82, 2.24) is 0 Å². The third kappa shape index (κ3) is 1.83. The first-order chi connectivity index (χ1) is 6.77. The second-order valence-corrected chi connectivity index (χ2v) is 4.21. The van der Waals surface area contributed by atoms with Crippen LogP contribution in [0, 0.1) is 0 Å². The van der Waals surface area contributed by atoms with E-state index in [2.05, 4.69) is 42.5 Å². The fourth-order valence-electron chi connectivity index (χ4n) is 1.71. The fraction of sp³-hybridized carbons (Fsp3) is 0.154. The molecular formula is C13H12S. The van der Waals surface area contributed by atoms with Gasteiger partial charge in [-0.2, -0.15) is 0 Å². The zero-order valence-electron chi connectivity index (χ0n) is 8.16. The van der Waals surface area contributed by atoms with Crippen molar-refractivity contribution in [3.8, 4) is 0 Å². The van der Waals surface area contributed by atoms with Crippen LogP contribution in [0.5, 0.6) is 0 Å². The molecule has 0 nitrogen and oxygen atoms in total. The Morgan fingerprint density at radius 1 is 1.07 bits per heavy atom. The van der Waals surface area contributed by atoms with Gasteiger partial charge < -0.3 is 0 Å². The van der Waals surface area contributed by atoms with Gasteiger partial charge in [0.2, 0.25) is 0 Å². The van der Waals surface area contributed by atoms with Gasteiger partial charge in [-0.25, -0.2) is 0 Å². The molecule has 0 bridgehead atoms. The summed E-state index contributed by atoms with van der Waals surface area (Å²) in [4.78, 5) is 1.04. The molecule has 14 heavy (non-hydrogen) atoms. The molecule has 0 heterocycles. The molecule has 0 saturated carbocycles. The van der Waals surface area contributed by atoms with Crippen molar-refractivity contribution in [2.24, 2.45) is 0 Å². The molecule has 0 amide bonds. The molecule has 0 saturated heterocycles. The maximum absolute atomic E-state index is 5.14. The lowest BCUT2D eigenvalue weighted by molar-refractivity contribution is 1.38. The molecule has 0 aromatic heterocycles. The summed E-state index contributed by atoms with van der Waals surface area (Å²) in [5, 5.41) is 2.61. The van der Waals surface area contributed by atoms with Crippen LogP contribution >= 0.6 is 12.2 Å². The summed E-state index contributed by atoms with van der Waals surface area (Å²) in [6, 6.07) is 14.8. The Labute approximate surface area is 89.6 Å². The highest BCUT2D eigenvalue weighted by Gasteiger charge is 1.99. The van der Waals surface area contributed by atoms with Crippen LogP contribution < -0.4 is 0 Å². The van der Waals surface area contributed by atoms with Crippen LogP contribution in [-0.4, -0.2) is 4.86 Å². The number of hydrogen-bond donors (Lipinski definition) is 0. The van der Waals surface area contributed by atoms with Crippen molar-refractivity contribution in [3.63, 3.8) is 0 Å². The Hall–Kier alpha value is -1.21. The molecule has 0 unspecified atom stereocenters. The molecule has 0 fully saturated rings. The van der Waals surface area contributed by atoms with Crippen LogP contribution in [0.15, 0.2) is 42.5 Å². The normalized spacial score (nSPS) is 10.4. The zero-order chi connectivity index (χ0) is 9.97. The Balaban J connectivity index is 2.59. The molecule has 0 aliphatic heterocycles. The van der Waals surface area contributed by atoms with Gasteiger partial charge in [-0.15, -0.1) is 0 Å². The van der Waals surface area contributed by atoms with Gasteiger partial charge in [0.1, 0.15) is 0 Å². The van der Waals surface area contributed by atoms with Crippen molar-refractivity contribution in [2.45, 2.75) is 13.3 Å². The Morgan fingerprint density at radius 2 is 1.79 bits per heavy atom. The van der Waals surface area contributed by atoms with Crippen molar-refractivity contribution < 1.29 is 0 Å². The van der Waals surface area contributed by atoms with Crippen LogP contribution in [-0.2, 0) is 6.42 Å². The molecule has 0 aliphatic carbocycles. The first-order valence-electron chi connectivity index (χ1n) is 4.73. The van der Waals surface area contributed by atoms with Crippen LogP contribution in [0.2, 0.25) is 0 Å². The van der Waals surface area contributed by atoms with E-state index in [9.17, 15) is 0 Å². The minimum Gasteiger partial charge on any atom is -0.0896 e. The van der Waals surface area contributed by atoms with Crippen LogP contribution in [0.3, 0.4) is 0 Å². The van der Waals surface area contributed by atoms with E-state index in [4.69, 9.17) is 12.2 Å². The highest BCUT2D eigenvalue weighted by molar-refractivity contribution is 7.80. The van der Waals surface area contributed by atoms with E-state index < -0.39 is 0 Å². The quantitative estimate of drug-likeness (QED) is 0.665. The molecular weight excluding hydrogens is 188 g/mol. The van der Waals surface area contributed by atoms with Crippen molar-refractivity contribution in [2.75, 3.05) is 0 Å². The van der Waals surface area contributed by atoms with Gasteiger partial charge in [0, 0.05) is 6.42 Å². The summed E-state index contributed by atoms with van der Waals surface area (Å²) >= 11 is 5.14. The predicted molar refractivity (Wildman–Crippen MR) is 65.9 cm³/mol. The molecule has 0 aliphatic rings. The smallest absolute Gasteiger partial charge is 0.00415 e. The molecule has 2 aromatic carbocycles. The third-order valence-corrected chi connectivity index (χ3v) is 2.46. The molecule has 2 aromatic rings. The SMILES string of the molecule is CC(=S)Cc1cccc2ccccc12. The van der Waals surface area contributed by atoms with Gasteiger partial charge in [-0.05, 0) is 28.1 Å². The maximum atomic E-state index is 5.14. The Morgan fingerprint density at radius 3 is 2.57 bits per heavy atom. The van der Waals surface area contributed by atoms with E-state index in [1.54, 1.807) is 0 Å². The minimum atomic E-state index is 0.899. The average Bonchev–Trinajstić information content (AvgIpc) is 2.18. The molecule has 0 radical (unpaired) electrons. The van der Waals surface area contributed by atoms with Gasteiger partial charge in [0.05, 0.1) is 0 Å². The second-order valence-electron chi connectivity index (χ2n) is 3.52. The van der Waals surface area contributed by atoms with Crippen LogP contribution in [0.4, 0.5) is 0 Å². The van der Waals surface area contributed by atoms with E-state index in [1.165, 1.54) is 16.3 Å². The van der Waals surface area contributed by atoms with E-state index in [-0.39, 0.29) is 0 Å². The lowest BCUT2D eigenvalue weighted by Crippen LogP contribution is -1.94. The van der Waals surface area contributed by atoms with E-state index in [0.29, 0.717) is 0 Å². The molecule has 70 valence electrons. The summed E-state index contributed by atoms with van der Waals surface area (Å²) in [6.45, 7) is 2.00. The Kier molecular flexibility index (Phi) is 2.60. The van der Waals surface area contributed by atoms with E-state index in [0.717, 1.165) is 11.3 Å². The van der Waals surface area contributed by atoms with Crippen molar-refractivity contribution >= 4 is 27.9 Å². The van der Waals surface area contributed by atoms with E-state index >= 15 is 0 Å². The molecule has 0 N–H and O–H groups in total. The van der Waals surface area contributed by atoms with Crippen LogP contribution in [0.25, 0.3) is 10.8 Å². The number of hydrogen-bond acceptors (Lipinski definition) is 1. The zero-order valence-corrected chi connectivity index (χ0v) is 8.97. The summed E-state index contributed by atoms with van der Waals surface area (Å²) in [7, 11) is 0. The Bertz CT molecular complexity index is 466. The molecule has 2 rings (SSSR count). The standard InChI is InChI=1S/C13H12S/c1-10(14)9-12-7-4-6-11-5-2-3-8-13(11)12/h2-8H,9H2,1H3. The first kappa shape index (κ1) is 9.35. The predicted octanol–water partition coefficient (Wildman–Crippen LogP) is 3.77. The van der Waals surface area contributed by atoms with Crippen LogP contribution in [0.1, 0.15) is 12.5 Å². The average molecular weight is 200 g/mol. The van der Waals surface area contributed by atoms with Gasteiger partial charge in [-0.1, -0.05) is 54.7 Å². The molecule has 0 spiro atoms. The summed E-state index contributed by atoms with van der Waals surface area (Å²) < 4.78 is 0. The topological polar surface area (TPSA) is 0 Å². The van der Waals surface area contributed by atoms with Gasteiger partial charge in [0.15, 0.2) is 0 Å². The summed E-state index contributed by atoms with van der Waals surface area (Å²) in [6.07, 6.45) is 0.899. The first-order valence-corrected chi connectivity index (χ1v) is 5.14. The molecule has 1 heteroatoms. The number of benzene rings is 2. The minimum absolute atomic E-state index is 0.899. The second kappa shape index (κ2) is 3.89. The fourth-order valence-corrected chi connectivity index (χ4v) is 1.87. The lowest BCUT2D eigenvalue weighted by atomic mass is 10.0. The summed E-state index contributed by atoms with van der Waals surface area (Å²) in [5.74, 6) is 0. The van der Waals surface area contributed by atoms with Crippen molar-refractivity contribution in [3.05, 3.63) is 48.0 Å². The largest absolute Gasteiger partial charge is 0.0896 e. The highest BCUT2D eigenvalue weighted by atomic mass is 32.1. The lowest BCUT2D eigenvalue weighted by Gasteiger charge is -2.04. The summed E-state index contributed by atoms with van der Waals surface area (Å²) in [5.41, 5.74) is 1.33. The van der Waals surface area contributed by atoms with Gasteiger partial charge in [-0.3, -0.25) is 0 Å². The highest BCUT2D eigenvalue weighted by Crippen LogP contribution is 2.19. The van der Waals surface area contributed by atoms with Gasteiger partial charge >= 0.3 is 0 Å². The third-order valence-electron chi connectivity index (χ3n) is 2.32. The van der Waals surface area contributed by atoms with Crippen molar-refractivity contribution in [1.29, 1.82) is 0 Å². The number of fused-ring (bicyclic) bond motifs is 1. The number of thiocarbonyl (C=S) groups is 1.